The van der Waals surface area contributed by atoms with Crippen LogP contribution in [0.4, 0.5) is 5.69 Å². The number of anilines is 1. The van der Waals surface area contributed by atoms with E-state index in [-0.39, 0.29) is 24.0 Å². The summed E-state index contributed by atoms with van der Waals surface area (Å²) < 4.78 is 2.08. The molecule has 7 nitrogen and oxygen atoms in total. The highest BCUT2D eigenvalue weighted by Crippen LogP contribution is 2.41. The number of fused-ring (bicyclic) bond motifs is 1. The Bertz CT molecular complexity index is 1880. The summed E-state index contributed by atoms with van der Waals surface area (Å²) in [6.07, 6.45) is 4.24. The van der Waals surface area contributed by atoms with Gasteiger partial charge < -0.3 is 19.9 Å². The third-order valence-corrected chi connectivity index (χ3v) is 8.61. The van der Waals surface area contributed by atoms with Crippen molar-refractivity contribution in [2.75, 3.05) is 11.4 Å². The summed E-state index contributed by atoms with van der Waals surface area (Å²) in [6.45, 7) is 0.473. The van der Waals surface area contributed by atoms with E-state index < -0.39 is 11.6 Å². The number of aromatic hydroxyl groups is 1. The van der Waals surface area contributed by atoms with Gasteiger partial charge in [0.25, 0.3) is 0 Å². The molecule has 2 N–H and O–H groups in total. The van der Waals surface area contributed by atoms with Crippen molar-refractivity contribution in [3.63, 3.8) is 0 Å². The number of aromatic nitrogens is 2. The average Bonchev–Trinajstić information content (AvgIpc) is 3.69. The molecular formula is C38H32N4O3. The maximum absolute atomic E-state index is 13.5. The van der Waals surface area contributed by atoms with Gasteiger partial charge in [-0.05, 0) is 46.7 Å². The maximum Gasteiger partial charge on any atom is 0.249 e. The Morgan fingerprint density at radius 3 is 2.07 bits per heavy atom. The zero-order chi connectivity index (χ0) is 30.8. The fraction of sp³-hybridized carbons (Fsp3) is 0.132. The zero-order valence-electron chi connectivity index (χ0n) is 24.6. The quantitative estimate of drug-likeness (QED) is 0.211. The summed E-state index contributed by atoms with van der Waals surface area (Å²) >= 11 is 0. The van der Waals surface area contributed by atoms with Crippen LogP contribution in [0.3, 0.4) is 0 Å². The van der Waals surface area contributed by atoms with Crippen LogP contribution in [0.2, 0.25) is 0 Å². The Hall–Kier alpha value is -5.69. The van der Waals surface area contributed by atoms with Gasteiger partial charge in [-0.3, -0.25) is 9.59 Å². The standard InChI is InChI=1S/C38H32N4O3/c43-32-20-19-27-11-10-18-35(33(27)24-32)42-22-21-34(37(42)45)40-36(44)23-31-25-41(26-39-31)38(28-12-4-1-5-13-28,29-14-6-2-7-15-29)30-16-8-3-9-17-30/h1-20,24-26,34,43H,21-23H2,(H,40,44)/t34-/m0/s1. The first-order valence-corrected chi connectivity index (χ1v) is 15.1. The molecule has 1 aliphatic rings. The van der Waals surface area contributed by atoms with Gasteiger partial charge in [0.15, 0.2) is 0 Å². The molecule has 1 aliphatic heterocycles. The van der Waals surface area contributed by atoms with Gasteiger partial charge in [-0.25, -0.2) is 4.98 Å². The van der Waals surface area contributed by atoms with Crippen molar-refractivity contribution >= 4 is 28.3 Å². The van der Waals surface area contributed by atoms with Crippen molar-refractivity contribution in [1.29, 1.82) is 0 Å². The van der Waals surface area contributed by atoms with Gasteiger partial charge in [0.1, 0.15) is 17.3 Å². The maximum atomic E-state index is 13.5. The van der Waals surface area contributed by atoms with Crippen molar-refractivity contribution in [2.45, 2.75) is 24.4 Å². The van der Waals surface area contributed by atoms with Crippen molar-refractivity contribution in [3.05, 3.63) is 162 Å². The Labute approximate surface area is 261 Å². The van der Waals surface area contributed by atoms with E-state index in [0.717, 1.165) is 33.2 Å². The van der Waals surface area contributed by atoms with E-state index in [9.17, 15) is 14.7 Å². The summed E-state index contributed by atoms with van der Waals surface area (Å²) in [6, 6.07) is 41.1. The van der Waals surface area contributed by atoms with Crippen LogP contribution in [-0.2, 0) is 21.5 Å². The molecule has 6 aromatic rings. The number of rotatable bonds is 8. The Morgan fingerprint density at radius 1 is 0.822 bits per heavy atom. The van der Waals surface area contributed by atoms with Crippen LogP contribution in [0.1, 0.15) is 28.8 Å². The third-order valence-electron chi connectivity index (χ3n) is 8.61. The van der Waals surface area contributed by atoms with Crippen LogP contribution in [0.25, 0.3) is 10.8 Å². The fourth-order valence-electron chi connectivity index (χ4n) is 6.57. The molecule has 0 unspecified atom stereocenters. The molecule has 45 heavy (non-hydrogen) atoms. The number of amides is 2. The molecule has 2 amide bonds. The van der Waals surface area contributed by atoms with Gasteiger partial charge in [0, 0.05) is 18.1 Å². The van der Waals surface area contributed by atoms with Crippen LogP contribution in [-0.4, -0.2) is 39.1 Å². The number of phenolic OH excluding ortho intramolecular Hbond substituents is 1. The second-order valence-electron chi connectivity index (χ2n) is 11.3. The molecule has 7 heteroatoms. The molecule has 0 spiro atoms. The Kier molecular flexibility index (Phi) is 7.35. The lowest BCUT2D eigenvalue weighted by molar-refractivity contribution is -0.126. The minimum absolute atomic E-state index is 0.0351. The lowest BCUT2D eigenvalue weighted by Gasteiger charge is -2.37. The summed E-state index contributed by atoms with van der Waals surface area (Å²) in [4.78, 5) is 33.1. The topological polar surface area (TPSA) is 87.5 Å². The molecule has 0 aliphatic carbocycles. The van der Waals surface area contributed by atoms with Crippen molar-refractivity contribution in [3.8, 4) is 5.75 Å². The van der Waals surface area contributed by atoms with Gasteiger partial charge in [0.05, 0.1) is 24.1 Å². The second-order valence-corrected chi connectivity index (χ2v) is 11.3. The highest BCUT2D eigenvalue weighted by Gasteiger charge is 2.39. The van der Waals surface area contributed by atoms with Crippen molar-refractivity contribution < 1.29 is 14.7 Å². The summed E-state index contributed by atoms with van der Waals surface area (Å²) in [5, 5.41) is 14.7. The smallest absolute Gasteiger partial charge is 0.249 e. The average molecular weight is 593 g/mol. The van der Waals surface area contributed by atoms with E-state index in [1.54, 1.807) is 23.4 Å². The van der Waals surface area contributed by atoms with Gasteiger partial charge in [-0.2, -0.15) is 0 Å². The van der Waals surface area contributed by atoms with E-state index in [1.807, 2.05) is 85.1 Å². The normalized spacial score (nSPS) is 15.0. The fourth-order valence-corrected chi connectivity index (χ4v) is 6.57. The predicted molar refractivity (Wildman–Crippen MR) is 175 cm³/mol. The number of hydrogen-bond acceptors (Lipinski definition) is 4. The van der Waals surface area contributed by atoms with Gasteiger partial charge in [0.2, 0.25) is 11.8 Å². The molecule has 222 valence electrons. The summed E-state index contributed by atoms with van der Waals surface area (Å²) in [5.41, 5.74) is 3.80. The molecule has 2 heterocycles. The first kappa shape index (κ1) is 28.1. The SMILES string of the molecule is O=C(Cc1cn(C(c2ccccc2)(c2ccccc2)c2ccccc2)cn1)N[C@H]1CCN(c2cccc3ccc(O)cc23)C1=O. The predicted octanol–water partition coefficient (Wildman–Crippen LogP) is 6.05. The molecule has 0 saturated carbocycles. The number of hydrogen-bond donors (Lipinski definition) is 2. The Morgan fingerprint density at radius 2 is 1.44 bits per heavy atom. The minimum atomic E-state index is -0.722. The Balaban J connectivity index is 1.15. The highest BCUT2D eigenvalue weighted by molar-refractivity contribution is 6.08. The summed E-state index contributed by atoms with van der Waals surface area (Å²) in [5.74, 6) is -0.289. The molecule has 0 radical (unpaired) electrons. The number of carbonyl (C=O) groups excluding carboxylic acids is 2. The molecule has 5 aromatic carbocycles. The number of nitrogens with one attached hydrogen (secondary N) is 1. The number of imidazole rings is 1. The first-order chi connectivity index (χ1) is 22.0. The van der Waals surface area contributed by atoms with E-state index in [1.165, 1.54) is 0 Å². The largest absolute Gasteiger partial charge is 0.508 e. The van der Waals surface area contributed by atoms with Crippen molar-refractivity contribution in [2.24, 2.45) is 0 Å². The molecule has 1 atom stereocenters. The molecule has 7 rings (SSSR count). The molecule has 1 saturated heterocycles. The number of benzene rings is 5. The third kappa shape index (κ3) is 5.12. The number of nitrogens with zero attached hydrogens (tertiary/aromatic N) is 3. The highest BCUT2D eigenvalue weighted by atomic mass is 16.3. The first-order valence-electron chi connectivity index (χ1n) is 15.1. The monoisotopic (exact) mass is 592 g/mol. The second kappa shape index (κ2) is 11.8. The van der Waals surface area contributed by atoms with E-state index in [4.69, 9.17) is 0 Å². The lowest BCUT2D eigenvalue weighted by Crippen LogP contribution is -2.42. The van der Waals surface area contributed by atoms with Crippen LogP contribution in [0.15, 0.2) is 140 Å². The van der Waals surface area contributed by atoms with E-state index in [2.05, 4.69) is 51.3 Å². The molecule has 1 aromatic heterocycles. The number of carbonyl (C=O) groups is 2. The van der Waals surface area contributed by atoms with Crippen LogP contribution >= 0.6 is 0 Å². The zero-order valence-corrected chi connectivity index (χ0v) is 24.6. The van der Waals surface area contributed by atoms with Crippen LogP contribution < -0.4 is 10.2 Å². The van der Waals surface area contributed by atoms with Gasteiger partial charge in [-0.1, -0.05) is 109 Å². The van der Waals surface area contributed by atoms with E-state index in [0.29, 0.717) is 18.7 Å². The number of phenols is 1. The van der Waals surface area contributed by atoms with E-state index >= 15 is 0 Å². The summed E-state index contributed by atoms with van der Waals surface area (Å²) in [7, 11) is 0. The molecular weight excluding hydrogens is 560 g/mol. The molecule has 1 fully saturated rings. The lowest BCUT2D eigenvalue weighted by atomic mass is 9.77. The van der Waals surface area contributed by atoms with Gasteiger partial charge >= 0.3 is 0 Å². The van der Waals surface area contributed by atoms with Crippen LogP contribution in [0.5, 0.6) is 5.75 Å². The minimum Gasteiger partial charge on any atom is -0.508 e. The van der Waals surface area contributed by atoms with Gasteiger partial charge in [-0.15, -0.1) is 0 Å². The van der Waals surface area contributed by atoms with Crippen LogP contribution in [0, 0.1) is 0 Å². The molecule has 0 bridgehead atoms. The van der Waals surface area contributed by atoms with Crippen molar-refractivity contribution in [1.82, 2.24) is 14.9 Å².